The van der Waals surface area contributed by atoms with E-state index in [1.807, 2.05) is 13.8 Å². The van der Waals surface area contributed by atoms with Crippen LogP contribution in [0.1, 0.15) is 52.4 Å². The molecule has 1 N–H and O–H groups in total. The summed E-state index contributed by atoms with van der Waals surface area (Å²) in [5.41, 5.74) is -0.576. The topological polar surface area (TPSA) is 43.8 Å². The lowest BCUT2D eigenvalue weighted by Crippen LogP contribution is -2.36. The lowest BCUT2D eigenvalue weighted by atomic mass is 9.91. The fraction of sp³-hybridized carbons (Fsp3) is 0.941. The lowest BCUT2D eigenvalue weighted by Gasteiger charge is -2.28. The average Bonchev–Trinajstić information content (AvgIpc) is 2.84. The molecule has 0 aromatic carbocycles. The standard InChI is InChI=1S/C17H32N2O2/c1-14-6-4-8-17(2,21)9-5-10-18(3)12-15-7-11-19(13-15)16(14)20/h14-15,21H,4-13H2,1-3H3/t14-,15?,17+/m1/s1. The number of carbonyl (C=O) groups is 1. The largest absolute Gasteiger partial charge is 0.390 e. The van der Waals surface area contributed by atoms with Crippen LogP contribution in [0, 0.1) is 11.8 Å². The van der Waals surface area contributed by atoms with E-state index in [0.29, 0.717) is 11.8 Å². The lowest BCUT2D eigenvalue weighted by molar-refractivity contribution is -0.134. The van der Waals surface area contributed by atoms with Crippen LogP contribution in [0.15, 0.2) is 0 Å². The Balaban J connectivity index is 1.99. The van der Waals surface area contributed by atoms with E-state index in [0.717, 1.165) is 64.7 Å². The SMILES string of the molecule is C[C@@H]1CCC[C@](C)(O)CCCN(C)CC2CCN(C2)C1=O. The van der Waals surface area contributed by atoms with Gasteiger partial charge in [0.05, 0.1) is 5.60 Å². The van der Waals surface area contributed by atoms with Gasteiger partial charge in [-0.25, -0.2) is 0 Å². The maximum Gasteiger partial charge on any atom is 0.225 e. The number of nitrogens with zero attached hydrogens (tertiary/aromatic N) is 2. The van der Waals surface area contributed by atoms with Crippen LogP contribution in [0.25, 0.3) is 0 Å². The first-order valence-corrected chi connectivity index (χ1v) is 8.57. The Labute approximate surface area is 129 Å². The van der Waals surface area contributed by atoms with Crippen molar-refractivity contribution in [2.45, 2.75) is 58.0 Å². The molecule has 0 aliphatic carbocycles. The maximum atomic E-state index is 12.5. The molecule has 2 bridgehead atoms. The van der Waals surface area contributed by atoms with Gasteiger partial charge < -0.3 is 14.9 Å². The Kier molecular flexibility index (Phi) is 5.67. The molecule has 4 nitrogen and oxygen atoms in total. The fourth-order valence-electron chi connectivity index (χ4n) is 3.79. The highest BCUT2D eigenvalue weighted by molar-refractivity contribution is 5.78. The number of amides is 1. The number of aliphatic hydroxyl groups is 1. The van der Waals surface area contributed by atoms with Gasteiger partial charge in [0.2, 0.25) is 5.91 Å². The molecule has 4 heteroatoms. The predicted octanol–water partition coefficient (Wildman–Crippen LogP) is 2.12. The highest BCUT2D eigenvalue weighted by Crippen LogP contribution is 2.25. The molecule has 1 unspecified atom stereocenters. The third-order valence-corrected chi connectivity index (χ3v) is 5.20. The van der Waals surface area contributed by atoms with Gasteiger partial charge in [0.25, 0.3) is 0 Å². The van der Waals surface area contributed by atoms with Crippen LogP contribution in [0.3, 0.4) is 0 Å². The molecule has 21 heavy (non-hydrogen) atoms. The van der Waals surface area contributed by atoms with Gasteiger partial charge in [-0.1, -0.05) is 6.92 Å². The molecule has 2 rings (SSSR count). The first-order chi connectivity index (χ1) is 9.87. The van der Waals surface area contributed by atoms with E-state index in [1.165, 1.54) is 0 Å². The first-order valence-electron chi connectivity index (χ1n) is 8.57. The third-order valence-electron chi connectivity index (χ3n) is 5.20. The minimum absolute atomic E-state index is 0.0974. The van der Waals surface area contributed by atoms with Crippen molar-refractivity contribution in [3.05, 3.63) is 0 Å². The molecule has 2 fully saturated rings. The summed E-state index contributed by atoms with van der Waals surface area (Å²) in [6, 6.07) is 0. The third kappa shape index (κ3) is 4.96. The number of hydrogen-bond donors (Lipinski definition) is 1. The molecule has 122 valence electrons. The summed E-state index contributed by atoms with van der Waals surface area (Å²) in [7, 11) is 2.16. The first kappa shape index (κ1) is 16.8. The van der Waals surface area contributed by atoms with Gasteiger partial charge in [-0.2, -0.15) is 0 Å². The molecular formula is C17H32N2O2. The van der Waals surface area contributed by atoms with Gasteiger partial charge in [0.1, 0.15) is 0 Å². The van der Waals surface area contributed by atoms with E-state index < -0.39 is 5.60 Å². The summed E-state index contributed by atoms with van der Waals surface area (Å²) in [5, 5.41) is 10.4. The van der Waals surface area contributed by atoms with Crippen LogP contribution in [0.2, 0.25) is 0 Å². The zero-order chi connectivity index (χ0) is 15.5. The van der Waals surface area contributed by atoms with Gasteiger partial charge in [-0.15, -0.1) is 0 Å². The minimum Gasteiger partial charge on any atom is -0.390 e. The number of rotatable bonds is 0. The summed E-state index contributed by atoms with van der Waals surface area (Å²) in [4.78, 5) is 16.9. The molecule has 0 aromatic rings. The van der Waals surface area contributed by atoms with E-state index in [9.17, 15) is 9.90 Å². The second kappa shape index (κ2) is 7.10. The Morgan fingerprint density at radius 2 is 1.86 bits per heavy atom. The normalized spacial score (nSPS) is 37.5. The van der Waals surface area contributed by atoms with Gasteiger partial charge in [-0.3, -0.25) is 4.79 Å². The average molecular weight is 296 g/mol. The fourth-order valence-corrected chi connectivity index (χ4v) is 3.79. The highest BCUT2D eigenvalue weighted by atomic mass is 16.3. The molecule has 2 heterocycles. The van der Waals surface area contributed by atoms with Crippen molar-refractivity contribution in [1.29, 1.82) is 0 Å². The summed E-state index contributed by atoms with van der Waals surface area (Å²) in [6.07, 6.45) is 5.69. The quantitative estimate of drug-likeness (QED) is 0.744. The van der Waals surface area contributed by atoms with Crippen molar-refractivity contribution >= 4 is 5.91 Å². The van der Waals surface area contributed by atoms with Crippen LogP contribution in [-0.4, -0.2) is 59.6 Å². The Bertz CT molecular complexity index is 357. The molecule has 0 saturated carbocycles. The van der Waals surface area contributed by atoms with Crippen LogP contribution in [0.5, 0.6) is 0 Å². The highest BCUT2D eigenvalue weighted by Gasteiger charge is 2.30. The Hall–Kier alpha value is -0.610. The van der Waals surface area contributed by atoms with Crippen molar-refractivity contribution in [1.82, 2.24) is 9.80 Å². The smallest absolute Gasteiger partial charge is 0.225 e. The van der Waals surface area contributed by atoms with E-state index in [-0.39, 0.29) is 5.92 Å². The Morgan fingerprint density at radius 3 is 2.62 bits per heavy atom. The zero-order valence-electron chi connectivity index (χ0n) is 14.0. The van der Waals surface area contributed by atoms with Crippen LogP contribution in [0.4, 0.5) is 0 Å². The van der Waals surface area contributed by atoms with Gasteiger partial charge in [0.15, 0.2) is 0 Å². The molecule has 1 amide bonds. The second-order valence-corrected chi connectivity index (χ2v) is 7.59. The zero-order valence-corrected chi connectivity index (χ0v) is 14.0. The van der Waals surface area contributed by atoms with Crippen LogP contribution >= 0.6 is 0 Å². The number of fused-ring (bicyclic) bond motifs is 2. The van der Waals surface area contributed by atoms with E-state index in [4.69, 9.17) is 0 Å². The molecule has 0 spiro atoms. The molecule has 3 atom stereocenters. The second-order valence-electron chi connectivity index (χ2n) is 7.59. The van der Waals surface area contributed by atoms with Gasteiger partial charge in [-0.05, 0) is 65.0 Å². The van der Waals surface area contributed by atoms with Gasteiger partial charge >= 0.3 is 0 Å². The van der Waals surface area contributed by atoms with Crippen LogP contribution in [-0.2, 0) is 4.79 Å². The van der Waals surface area contributed by atoms with Crippen molar-refractivity contribution in [2.24, 2.45) is 11.8 Å². The van der Waals surface area contributed by atoms with E-state index in [2.05, 4.69) is 16.8 Å². The van der Waals surface area contributed by atoms with Crippen molar-refractivity contribution in [2.75, 3.05) is 33.2 Å². The monoisotopic (exact) mass is 296 g/mol. The molecular weight excluding hydrogens is 264 g/mol. The van der Waals surface area contributed by atoms with E-state index in [1.54, 1.807) is 0 Å². The van der Waals surface area contributed by atoms with E-state index >= 15 is 0 Å². The molecule has 2 aliphatic heterocycles. The summed E-state index contributed by atoms with van der Waals surface area (Å²) in [5.74, 6) is 1.03. The van der Waals surface area contributed by atoms with Crippen LogP contribution < -0.4 is 0 Å². The molecule has 0 aromatic heterocycles. The number of carbonyl (C=O) groups excluding carboxylic acids is 1. The molecule has 2 saturated heterocycles. The summed E-state index contributed by atoms with van der Waals surface area (Å²) >= 11 is 0. The minimum atomic E-state index is -0.576. The summed E-state index contributed by atoms with van der Waals surface area (Å²) < 4.78 is 0. The predicted molar refractivity (Wildman–Crippen MR) is 85.1 cm³/mol. The molecule has 0 radical (unpaired) electrons. The Morgan fingerprint density at radius 1 is 1.14 bits per heavy atom. The van der Waals surface area contributed by atoms with Gasteiger partial charge in [0, 0.05) is 25.6 Å². The summed E-state index contributed by atoms with van der Waals surface area (Å²) in [6.45, 7) is 7.96. The number of hydrogen-bond acceptors (Lipinski definition) is 3. The van der Waals surface area contributed by atoms with Crippen molar-refractivity contribution < 1.29 is 9.90 Å². The maximum absolute atomic E-state index is 12.5. The van der Waals surface area contributed by atoms with Crippen molar-refractivity contribution in [3.8, 4) is 0 Å². The van der Waals surface area contributed by atoms with Crippen molar-refractivity contribution in [3.63, 3.8) is 0 Å². The molecule has 2 aliphatic rings.